The summed E-state index contributed by atoms with van der Waals surface area (Å²) in [6.45, 7) is 1.80. The van der Waals surface area contributed by atoms with Crippen LogP contribution in [0.25, 0.3) is 10.2 Å². The number of H-pyrrole nitrogens is 1. The molecule has 0 fully saturated rings. The number of rotatable bonds is 2. The molecule has 4 heteroatoms. The molecule has 4 N–H and O–H groups in total. The highest BCUT2D eigenvalue weighted by Crippen LogP contribution is 2.29. The summed E-state index contributed by atoms with van der Waals surface area (Å²) in [5.74, 6) is 0. The second-order valence-electron chi connectivity index (χ2n) is 3.21. The predicted octanol–water partition coefficient (Wildman–Crippen LogP) is 1.61. The van der Waals surface area contributed by atoms with Gasteiger partial charge in [0.05, 0.1) is 4.83 Å². The maximum absolute atomic E-state index is 9.69. The van der Waals surface area contributed by atoms with Crippen molar-refractivity contribution >= 4 is 21.6 Å². The van der Waals surface area contributed by atoms with E-state index in [0.29, 0.717) is 0 Å². The first kappa shape index (κ1) is 8.74. The Morgan fingerprint density at radius 1 is 1.62 bits per heavy atom. The van der Waals surface area contributed by atoms with Crippen LogP contribution in [0.2, 0.25) is 0 Å². The van der Waals surface area contributed by atoms with Crippen molar-refractivity contribution in [1.29, 1.82) is 0 Å². The fourth-order valence-corrected chi connectivity index (χ4v) is 2.40. The van der Waals surface area contributed by atoms with E-state index in [2.05, 4.69) is 4.98 Å². The SMILES string of the molecule is CC(N)C(O)c1cc2cc[nH]c2s1. The number of hydrogen-bond acceptors (Lipinski definition) is 3. The van der Waals surface area contributed by atoms with Gasteiger partial charge in [-0.05, 0) is 19.1 Å². The molecule has 13 heavy (non-hydrogen) atoms. The second kappa shape index (κ2) is 3.14. The van der Waals surface area contributed by atoms with Gasteiger partial charge < -0.3 is 15.8 Å². The number of nitrogens with one attached hydrogen (secondary N) is 1. The summed E-state index contributed by atoms with van der Waals surface area (Å²) < 4.78 is 0. The van der Waals surface area contributed by atoms with Crippen molar-refractivity contribution in [1.82, 2.24) is 4.98 Å². The third kappa shape index (κ3) is 1.48. The smallest absolute Gasteiger partial charge is 0.103 e. The van der Waals surface area contributed by atoms with E-state index in [4.69, 9.17) is 5.73 Å². The number of thiophene rings is 1. The minimum atomic E-state index is -0.550. The molecule has 0 spiro atoms. The Bertz CT molecular complexity index is 376. The number of aliphatic hydroxyl groups is 1. The van der Waals surface area contributed by atoms with Crippen LogP contribution >= 0.6 is 11.3 Å². The molecule has 2 aromatic heterocycles. The van der Waals surface area contributed by atoms with Gasteiger partial charge in [0, 0.05) is 22.5 Å². The molecule has 0 amide bonds. The quantitative estimate of drug-likeness (QED) is 0.683. The summed E-state index contributed by atoms with van der Waals surface area (Å²) >= 11 is 1.55. The van der Waals surface area contributed by atoms with Crippen LogP contribution in [0.5, 0.6) is 0 Å². The predicted molar refractivity (Wildman–Crippen MR) is 54.8 cm³/mol. The van der Waals surface area contributed by atoms with Crippen LogP contribution in [0, 0.1) is 0 Å². The van der Waals surface area contributed by atoms with Crippen molar-refractivity contribution in [3.8, 4) is 0 Å². The summed E-state index contributed by atoms with van der Waals surface area (Å²) in [6.07, 6.45) is 1.34. The minimum absolute atomic E-state index is 0.220. The molecular formula is C9H12N2OS. The molecule has 0 saturated carbocycles. The van der Waals surface area contributed by atoms with E-state index in [1.807, 2.05) is 18.3 Å². The van der Waals surface area contributed by atoms with Crippen LogP contribution in [0.3, 0.4) is 0 Å². The largest absolute Gasteiger partial charge is 0.386 e. The maximum atomic E-state index is 9.69. The van der Waals surface area contributed by atoms with Crippen molar-refractivity contribution in [3.05, 3.63) is 23.2 Å². The first-order valence-corrected chi connectivity index (χ1v) is 5.00. The van der Waals surface area contributed by atoms with Crippen LogP contribution in [0.15, 0.2) is 18.3 Å². The molecule has 2 heterocycles. The van der Waals surface area contributed by atoms with Gasteiger partial charge in [-0.2, -0.15) is 0 Å². The van der Waals surface area contributed by atoms with E-state index in [9.17, 15) is 5.11 Å². The van der Waals surface area contributed by atoms with Gasteiger partial charge >= 0.3 is 0 Å². The average molecular weight is 196 g/mol. The van der Waals surface area contributed by atoms with Gasteiger partial charge in [-0.3, -0.25) is 0 Å². The van der Waals surface area contributed by atoms with Gasteiger partial charge in [0.1, 0.15) is 6.10 Å². The lowest BCUT2D eigenvalue weighted by atomic mass is 10.1. The van der Waals surface area contributed by atoms with Crippen molar-refractivity contribution < 1.29 is 5.11 Å². The Labute approximate surface area is 80.2 Å². The Morgan fingerprint density at radius 2 is 2.38 bits per heavy atom. The molecule has 70 valence electrons. The Hall–Kier alpha value is -0.840. The molecule has 0 aromatic carbocycles. The third-order valence-electron chi connectivity index (χ3n) is 2.05. The number of aromatic amines is 1. The van der Waals surface area contributed by atoms with Gasteiger partial charge in [0.2, 0.25) is 0 Å². The van der Waals surface area contributed by atoms with Gasteiger partial charge in [0.15, 0.2) is 0 Å². The van der Waals surface area contributed by atoms with E-state index < -0.39 is 6.10 Å². The van der Waals surface area contributed by atoms with Crippen LogP contribution < -0.4 is 5.73 Å². The van der Waals surface area contributed by atoms with Gasteiger partial charge in [0.25, 0.3) is 0 Å². The molecule has 3 nitrogen and oxygen atoms in total. The minimum Gasteiger partial charge on any atom is -0.386 e. The van der Waals surface area contributed by atoms with Crippen molar-refractivity contribution in [2.24, 2.45) is 5.73 Å². The lowest BCUT2D eigenvalue weighted by molar-refractivity contribution is 0.157. The van der Waals surface area contributed by atoms with Crippen LogP contribution in [0.4, 0.5) is 0 Å². The topological polar surface area (TPSA) is 62.0 Å². The highest BCUT2D eigenvalue weighted by Gasteiger charge is 2.15. The van der Waals surface area contributed by atoms with Crippen LogP contribution in [0.1, 0.15) is 17.9 Å². The zero-order chi connectivity index (χ0) is 9.42. The number of hydrogen-bond donors (Lipinski definition) is 3. The van der Waals surface area contributed by atoms with Gasteiger partial charge in [-0.25, -0.2) is 0 Å². The zero-order valence-corrected chi connectivity index (χ0v) is 8.14. The molecule has 2 unspecified atom stereocenters. The fraction of sp³-hybridized carbons (Fsp3) is 0.333. The molecular weight excluding hydrogens is 184 g/mol. The fourth-order valence-electron chi connectivity index (χ4n) is 1.27. The molecule has 0 aliphatic carbocycles. The molecule has 0 aliphatic heterocycles. The number of aromatic nitrogens is 1. The number of fused-ring (bicyclic) bond motifs is 1. The van der Waals surface area contributed by atoms with E-state index in [-0.39, 0.29) is 6.04 Å². The van der Waals surface area contributed by atoms with E-state index >= 15 is 0 Å². The Balaban J connectivity index is 2.39. The van der Waals surface area contributed by atoms with Crippen molar-refractivity contribution in [2.75, 3.05) is 0 Å². The van der Waals surface area contributed by atoms with E-state index in [1.165, 1.54) is 0 Å². The first-order chi connectivity index (χ1) is 6.18. The number of aliphatic hydroxyl groups excluding tert-OH is 1. The van der Waals surface area contributed by atoms with E-state index in [0.717, 1.165) is 15.1 Å². The molecule has 2 rings (SSSR count). The summed E-state index contributed by atoms with van der Waals surface area (Å²) in [5.41, 5.74) is 5.60. The summed E-state index contributed by atoms with van der Waals surface area (Å²) in [5, 5.41) is 10.8. The number of nitrogens with two attached hydrogens (primary N) is 1. The maximum Gasteiger partial charge on any atom is 0.103 e. The first-order valence-electron chi connectivity index (χ1n) is 4.19. The molecule has 2 atom stereocenters. The summed E-state index contributed by atoms with van der Waals surface area (Å²) in [6, 6.07) is 3.75. The molecule has 0 aliphatic rings. The molecule has 0 bridgehead atoms. The van der Waals surface area contributed by atoms with Crippen LogP contribution in [-0.2, 0) is 0 Å². The average Bonchev–Trinajstić information content (AvgIpc) is 2.59. The lowest BCUT2D eigenvalue weighted by Gasteiger charge is -2.11. The normalized spacial score (nSPS) is 16.2. The van der Waals surface area contributed by atoms with E-state index in [1.54, 1.807) is 18.3 Å². The molecule has 2 aromatic rings. The summed E-state index contributed by atoms with van der Waals surface area (Å²) in [7, 11) is 0. The lowest BCUT2D eigenvalue weighted by Crippen LogP contribution is -2.23. The molecule has 0 saturated heterocycles. The van der Waals surface area contributed by atoms with Gasteiger partial charge in [-0.1, -0.05) is 0 Å². The Morgan fingerprint density at radius 3 is 3.00 bits per heavy atom. The zero-order valence-electron chi connectivity index (χ0n) is 7.32. The van der Waals surface area contributed by atoms with Crippen molar-refractivity contribution in [3.63, 3.8) is 0 Å². The standard InChI is InChI=1S/C9H12N2OS/c1-5(10)8(12)7-4-6-2-3-11-9(6)13-7/h2-5,8,11-12H,10H2,1H3. The van der Waals surface area contributed by atoms with Crippen molar-refractivity contribution in [2.45, 2.75) is 19.1 Å². The summed E-state index contributed by atoms with van der Waals surface area (Å²) in [4.78, 5) is 5.12. The second-order valence-corrected chi connectivity index (χ2v) is 4.30. The highest BCUT2D eigenvalue weighted by atomic mass is 32.1. The third-order valence-corrected chi connectivity index (χ3v) is 3.20. The van der Waals surface area contributed by atoms with Gasteiger partial charge in [-0.15, -0.1) is 11.3 Å². The van der Waals surface area contributed by atoms with Crippen LogP contribution in [-0.4, -0.2) is 16.1 Å². The molecule has 0 radical (unpaired) electrons. The monoisotopic (exact) mass is 196 g/mol. The Kier molecular flexibility index (Phi) is 2.11. The highest BCUT2D eigenvalue weighted by molar-refractivity contribution is 7.18.